The van der Waals surface area contributed by atoms with Crippen LogP contribution in [0, 0.1) is 0 Å². The summed E-state index contributed by atoms with van der Waals surface area (Å²) < 4.78 is 10.3. The normalized spacial score (nSPS) is 16.5. The van der Waals surface area contributed by atoms with Crippen molar-refractivity contribution in [2.24, 2.45) is 0 Å². The van der Waals surface area contributed by atoms with Crippen LogP contribution in [0.5, 0.6) is 0 Å². The van der Waals surface area contributed by atoms with Crippen LogP contribution >= 0.6 is 12.2 Å². The molecule has 0 saturated carbocycles. The third-order valence-corrected chi connectivity index (χ3v) is 6.79. The highest BCUT2D eigenvalue weighted by atomic mass is 32.1. The van der Waals surface area contributed by atoms with E-state index in [2.05, 4.69) is 21.9 Å². The van der Waals surface area contributed by atoms with Crippen molar-refractivity contribution in [3.63, 3.8) is 0 Å². The predicted molar refractivity (Wildman–Crippen MR) is 132 cm³/mol. The smallest absolute Gasteiger partial charge is 0.340 e. The lowest BCUT2D eigenvalue weighted by Gasteiger charge is -2.26. The molecule has 0 amide bonds. The monoisotopic (exact) mass is 487 g/mol. The van der Waals surface area contributed by atoms with E-state index in [1.54, 1.807) is 20.8 Å². The van der Waals surface area contributed by atoms with E-state index in [1.807, 2.05) is 0 Å². The molecular formula is C25H33N3O5S. The number of carbonyl (C=O) groups excluding carboxylic acids is 1. The van der Waals surface area contributed by atoms with Gasteiger partial charge in [-0.2, -0.15) is 0 Å². The molecule has 1 atom stereocenters. The minimum atomic E-state index is -1.92. The Morgan fingerprint density at radius 2 is 1.79 bits per heavy atom. The first-order valence-corrected chi connectivity index (χ1v) is 12.3. The fourth-order valence-corrected chi connectivity index (χ4v) is 4.98. The molecule has 9 heteroatoms. The number of anilines is 1. The number of benzene rings is 1. The van der Waals surface area contributed by atoms with E-state index in [4.69, 9.17) is 21.5 Å². The van der Waals surface area contributed by atoms with Gasteiger partial charge in [-0.05, 0) is 93.8 Å². The molecule has 1 heterocycles. The first kappa shape index (κ1) is 24.6. The Morgan fingerprint density at radius 3 is 2.35 bits per heavy atom. The van der Waals surface area contributed by atoms with Gasteiger partial charge in [-0.3, -0.25) is 0 Å². The van der Waals surface area contributed by atoms with Gasteiger partial charge < -0.3 is 30.1 Å². The van der Waals surface area contributed by atoms with Crippen LogP contribution in [0.3, 0.4) is 0 Å². The second-order valence-corrected chi connectivity index (χ2v) is 10.1. The Balaban J connectivity index is 1.48. The minimum Gasteiger partial charge on any atom is -0.464 e. The van der Waals surface area contributed by atoms with Gasteiger partial charge in [-0.25, -0.2) is 4.79 Å². The van der Waals surface area contributed by atoms with Crippen LogP contribution in [-0.4, -0.2) is 45.2 Å². The summed E-state index contributed by atoms with van der Waals surface area (Å²) in [7, 11) is 0. The number of ether oxygens (including phenoxy) is 1. The molecule has 184 valence electrons. The summed E-state index contributed by atoms with van der Waals surface area (Å²) in [6, 6.07) is 3.88. The van der Waals surface area contributed by atoms with Crippen LogP contribution in [0.1, 0.15) is 67.3 Å². The minimum absolute atomic E-state index is 0.125. The molecule has 8 nitrogen and oxygen atoms in total. The fourth-order valence-electron chi connectivity index (χ4n) is 4.81. The van der Waals surface area contributed by atoms with Crippen molar-refractivity contribution >= 4 is 29.0 Å². The van der Waals surface area contributed by atoms with Gasteiger partial charge in [0, 0.05) is 18.2 Å². The maximum atomic E-state index is 12.7. The number of esters is 1. The largest absolute Gasteiger partial charge is 0.464 e. The molecule has 2 aliphatic carbocycles. The van der Waals surface area contributed by atoms with Gasteiger partial charge in [0.25, 0.3) is 0 Å². The van der Waals surface area contributed by atoms with Crippen molar-refractivity contribution in [2.75, 3.05) is 18.5 Å². The SMILES string of the molecule is CCOC(=O)C(O)(CNC(=S)Nc1c2c(cc3c1CCC3)CCC2)Cc1cc(C(C)(C)O)on1. The van der Waals surface area contributed by atoms with Crippen molar-refractivity contribution in [1.29, 1.82) is 0 Å². The number of hydrogen-bond acceptors (Lipinski definition) is 7. The molecule has 1 aromatic heterocycles. The Kier molecular flexibility index (Phi) is 6.98. The Morgan fingerprint density at radius 1 is 1.15 bits per heavy atom. The van der Waals surface area contributed by atoms with Crippen LogP contribution in [0.4, 0.5) is 5.69 Å². The molecule has 34 heavy (non-hydrogen) atoms. The van der Waals surface area contributed by atoms with Gasteiger partial charge in [0.2, 0.25) is 0 Å². The summed E-state index contributed by atoms with van der Waals surface area (Å²) in [5.74, 6) is -0.537. The van der Waals surface area contributed by atoms with Crippen molar-refractivity contribution < 1.29 is 24.3 Å². The average Bonchev–Trinajstić information content (AvgIpc) is 3.52. The molecule has 2 aliphatic rings. The first-order valence-electron chi connectivity index (χ1n) is 11.9. The van der Waals surface area contributed by atoms with Crippen LogP contribution in [-0.2, 0) is 47.2 Å². The number of thiocarbonyl (C=S) groups is 1. The summed E-state index contributed by atoms with van der Waals surface area (Å²) >= 11 is 5.56. The van der Waals surface area contributed by atoms with Crippen LogP contribution in [0.15, 0.2) is 16.7 Å². The first-order chi connectivity index (χ1) is 16.1. The molecule has 2 aromatic rings. The standard InChI is InChI=1S/C25H33N3O5S/c1-4-32-22(29)25(31,13-17-12-20(33-28-17)24(2,3)30)14-26-23(34)27-21-18-9-5-7-15(18)11-16-8-6-10-19(16)21/h11-12,30-31H,4-10,13-14H2,1-3H3,(H2,26,27,34). The Labute approximate surface area is 205 Å². The number of fused-ring (bicyclic) bond motifs is 2. The number of nitrogens with zero attached hydrogens (tertiary/aromatic N) is 1. The topological polar surface area (TPSA) is 117 Å². The molecule has 4 N–H and O–H groups in total. The van der Waals surface area contributed by atoms with Gasteiger partial charge in [0.15, 0.2) is 16.5 Å². The number of aromatic nitrogens is 1. The molecule has 0 bridgehead atoms. The summed E-state index contributed by atoms with van der Waals surface area (Å²) in [6.45, 7) is 4.77. The second kappa shape index (κ2) is 9.64. The van der Waals surface area contributed by atoms with Gasteiger partial charge in [-0.1, -0.05) is 11.2 Å². The van der Waals surface area contributed by atoms with Gasteiger partial charge >= 0.3 is 5.97 Å². The second-order valence-electron chi connectivity index (χ2n) is 9.71. The third kappa shape index (κ3) is 5.11. The number of carbonyl (C=O) groups is 1. The number of aliphatic hydroxyl groups is 2. The lowest BCUT2D eigenvalue weighted by atomic mass is 9.96. The lowest BCUT2D eigenvalue weighted by Crippen LogP contribution is -2.52. The van der Waals surface area contributed by atoms with E-state index in [0.29, 0.717) is 10.8 Å². The number of rotatable bonds is 8. The Hall–Kier alpha value is -2.49. The van der Waals surface area contributed by atoms with Gasteiger partial charge in [0.05, 0.1) is 18.8 Å². The van der Waals surface area contributed by atoms with Crippen LogP contribution < -0.4 is 10.6 Å². The number of hydrogen-bond donors (Lipinski definition) is 4. The lowest BCUT2D eigenvalue weighted by molar-refractivity contribution is -0.164. The maximum Gasteiger partial charge on any atom is 0.340 e. The Bertz CT molecular complexity index is 1060. The van der Waals surface area contributed by atoms with E-state index in [0.717, 1.165) is 44.2 Å². The molecule has 0 fully saturated rings. The van der Waals surface area contributed by atoms with E-state index >= 15 is 0 Å². The average molecular weight is 488 g/mol. The molecule has 0 spiro atoms. The van der Waals surface area contributed by atoms with Crippen LogP contribution in [0.25, 0.3) is 0 Å². The van der Waals surface area contributed by atoms with Gasteiger partial charge in [0.1, 0.15) is 5.60 Å². The number of aryl methyl sites for hydroxylation is 2. The molecule has 0 saturated heterocycles. The maximum absolute atomic E-state index is 12.7. The van der Waals surface area contributed by atoms with E-state index in [1.165, 1.54) is 28.3 Å². The van der Waals surface area contributed by atoms with Crippen molar-refractivity contribution in [3.05, 3.63) is 45.8 Å². The van der Waals surface area contributed by atoms with E-state index in [-0.39, 0.29) is 25.3 Å². The van der Waals surface area contributed by atoms with Gasteiger partial charge in [-0.15, -0.1) is 0 Å². The quantitative estimate of drug-likeness (QED) is 0.329. The van der Waals surface area contributed by atoms with Crippen LogP contribution in [0.2, 0.25) is 0 Å². The van der Waals surface area contributed by atoms with E-state index in [9.17, 15) is 15.0 Å². The summed E-state index contributed by atoms with van der Waals surface area (Å²) in [4.78, 5) is 12.7. The number of nitrogens with one attached hydrogen (secondary N) is 2. The zero-order chi connectivity index (χ0) is 24.5. The highest BCUT2D eigenvalue weighted by molar-refractivity contribution is 7.80. The van der Waals surface area contributed by atoms with Crippen molar-refractivity contribution in [3.8, 4) is 0 Å². The zero-order valence-corrected chi connectivity index (χ0v) is 20.8. The summed E-state index contributed by atoms with van der Waals surface area (Å²) in [5, 5.41) is 32.0. The van der Waals surface area contributed by atoms with E-state index < -0.39 is 17.2 Å². The highest BCUT2D eigenvalue weighted by Crippen LogP contribution is 2.38. The summed E-state index contributed by atoms with van der Waals surface area (Å²) in [5.41, 5.74) is 3.70. The molecule has 1 unspecified atom stereocenters. The predicted octanol–water partition coefficient (Wildman–Crippen LogP) is 2.70. The van der Waals surface area contributed by atoms with Crippen molar-refractivity contribution in [2.45, 2.75) is 76.9 Å². The third-order valence-electron chi connectivity index (χ3n) is 6.54. The highest BCUT2D eigenvalue weighted by Gasteiger charge is 2.40. The fraction of sp³-hybridized carbons (Fsp3) is 0.560. The zero-order valence-electron chi connectivity index (χ0n) is 20.0. The molecule has 0 radical (unpaired) electrons. The summed E-state index contributed by atoms with van der Waals surface area (Å²) in [6.07, 6.45) is 6.35. The molecule has 4 rings (SSSR count). The molecule has 0 aliphatic heterocycles. The molecule has 1 aromatic carbocycles. The molecular weight excluding hydrogens is 454 g/mol. The van der Waals surface area contributed by atoms with Crippen molar-refractivity contribution in [1.82, 2.24) is 10.5 Å².